The standard InChI is InChI=1S/C18H20O/c1-2-13-6-3-4-8-16(13)15-10-11-17-14(12-15)7-5-9-18(17)19/h3-4,6,8,10-12,18-19H,2,5,7,9H2,1H3. The molecule has 1 atom stereocenters. The number of aliphatic hydroxyl groups excluding tert-OH is 1. The lowest BCUT2D eigenvalue weighted by molar-refractivity contribution is 0.156. The zero-order valence-electron chi connectivity index (χ0n) is 11.4. The van der Waals surface area contributed by atoms with Gasteiger partial charge in [-0.05, 0) is 53.5 Å². The molecule has 0 spiro atoms. The van der Waals surface area contributed by atoms with E-state index >= 15 is 0 Å². The molecule has 1 aliphatic rings. The molecule has 1 N–H and O–H groups in total. The molecule has 0 fully saturated rings. The summed E-state index contributed by atoms with van der Waals surface area (Å²) in [6, 6.07) is 15.1. The molecule has 0 aliphatic heterocycles. The summed E-state index contributed by atoms with van der Waals surface area (Å²) in [5, 5.41) is 10.0. The zero-order chi connectivity index (χ0) is 13.2. The first-order chi connectivity index (χ1) is 9.29. The number of aryl methyl sites for hydroxylation is 2. The van der Waals surface area contributed by atoms with Crippen molar-refractivity contribution in [2.24, 2.45) is 0 Å². The van der Waals surface area contributed by atoms with E-state index in [0.717, 1.165) is 31.2 Å². The number of rotatable bonds is 2. The average Bonchev–Trinajstić information content (AvgIpc) is 2.47. The van der Waals surface area contributed by atoms with Crippen LogP contribution in [0.3, 0.4) is 0 Å². The largest absolute Gasteiger partial charge is 0.388 e. The van der Waals surface area contributed by atoms with Gasteiger partial charge in [-0.1, -0.05) is 49.4 Å². The van der Waals surface area contributed by atoms with Crippen molar-refractivity contribution in [2.75, 3.05) is 0 Å². The Morgan fingerprint density at radius 1 is 1.16 bits per heavy atom. The zero-order valence-corrected chi connectivity index (χ0v) is 11.4. The minimum absolute atomic E-state index is 0.265. The van der Waals surface area contributed by atoms with Gasteiger partial charge in [-0.15, -0.1) is 0 Å². The van der Waals surface area contributed by atoms with Crippen LogP contribution in [0.25, 0.3) is 11.1 Å². The van der Waals surface area contributed by atoms with Gasteiger partial charge in [0.25, 0.3) is 0 Å². The highest BCUT2D eigenvalue weighted by atomic mass is 16.3. The smallest absolute Gasteiger partial charge is 0.0792 e. The van der Waals surface area contributed by atoms with Crippen LogP contribution < -0.4 is 0 Å². The summed E-state index contributed by atoms with van der Waals surface area (Å²) in [4.78, 5) is 0. The van der Waals surface area contributed by atoms with Gasteiger partial charge in [0.15, 0.2) is 0 Å². The highest BCUT2D eigenvalue weighted by molar-refractivity contribution is 5.68. The van der Waals surface area contributed by atoms with Crippen molar-refractivity contribution in [1.82, 2.24) is 0 Å². The van der Waals surface area contributed by atoms with Crippen molar-refractivity contribution >= 4 is 0 Å². The Morgan fingerprint density at radius 3 is 2.84 bits per heavy atom. The number of fused-ring (bicyclic) bond motifs is 1. The molecule has 3 rings (SSSR count). The van der Waals surface area contributed by atoms with Crippen LogP contribution in [-0.2, 0) is 12.8 Å². The summed E-state index contributed by atoms with van der Waals surface area (Å²) in [6.45, 7) is 2.20. The molecule has 0 bridgehead atoms. The van der Waals surface area contributed by atoms with Crippen molar-refractivity contribution < 1.29 is 5.11 Å². The predicted molar refractivity (Wildman–Crippen MR) is 79.2 cm³/mol. The van der Waals surface area contributed by atoms with Crippen LogP contribution in [0.4, 0.5) is 0 Å². The van der Waals surface area contributed by atoms with E-state index in [1.807, 2.05) is 0 Å². The second-order valence-electron chi connectivity index (χ2n) is 5.33. The molecule has 0 saturated carbocycles. The highest BCUT2D eigenvalue weighted by Crippen LogP contribution is 2.33. The fourth-order valence-electron chi connectivity index (χ4n) is 3.07. The molecule has 98 valence electrons. The lowest BCUT2D eigenvalue weighted by Gasteiger charge is -2.22. The summed E-state index contributed by atoms with van der Waals surface area (Å²) in [7, 11) is 0. The molecule has 0 radical (unpaired) electrons. The molecule has 1 nitrogen and oxygen atoms in total. The van der Waals surface area contributed by atoms with Crippen molar-refractivity contribution in [3.63, 3.8) is 0 Å². The second-order valence-corrected chi connectivity index (χ2v) is 5.33. The van der Waals surface area contributed by atoms with Gasteiger partial charge in [0.05, 0.1) is 6.10 Å². The summed E-state index contributed by atoms with van der Waals surface area (Å²) in [5.74, 6) is 0. The fraction of sp³-hybridized carbons (Fsp3) is 0.333. The predicted octanol–water partition coefficient (Wildman–Crippen LogP) is 4.29. The molecule has 0 heterocycles. The van der Waals surface area contributed by atoms with Crippen LogP contribution in [-0.4, -0.2) is 5.11 Å². The Balaban J connectivity index is 2.07. The minimum atomic E-state index is -0.265. The number of benzene rings is 2. The van der Waals surface area contributed by atoms with Gasteiger partial charge >= 0.3 is 0 Å². The van der Waals surface area contributed by atoms with E-state index in [1.54, 1.807) is 0 Å². The third kappa shape index (κ3) is 2.31. The number of hydrogen-bond acceptors (Lipinski definition) is 1. The van der Waals surface area contributed by atoms with E-state index in [2.05, 4.69) is 49.4 Å². The lowest BCUT2D eigenvalue weighted by Crippen LogP contribution is -2.09. The van der Waals surface area contributed by atoms with E-state index < -0.39 is 0 Å². The van der Waals surface area contributed by atoms with Crippen LogP contribution in [0.2, 0.25) is 0 Å². The fourth-order valence-corrected chi connectivity index (χ4v) is 3.07. The van der Waals surface area contributed by atoms with Crippen molar-refractivity contribution in [2.45, 2.75) is 38.7 Å². The van der Waals surface area contributed by atoms with E-state index in [9.17, 15) is 5.11 Å². The molecule has 0 aromatic heterocycles. The normalized spacial score (nSPS) is 18.1. The summed E-state index contributed by atoms with van der Waals surface area (Å²) in [6.07, 6.45) is 3.87. The van der Waals surface area contributed by atoms with Crippen LogP contribution in [0.15, 0.2) is 42.5 Å². The molecular formula is C18H20O. The summed E-state index contributed by atoms with van der Waals surface area (Å²) >= 11 is 0. The van der Waals surface area contributed by atoms with Crippen molar-refractivity contribution in [3.8, 4) is 11.1 Å². The molecule has 1 aliphatic carbocycles. The molecule has 2 aromatic rings. The third-order valence-electron chi connectivity index (χ3n) is 4.13. The Labute approximate surface area is 114 Å². The Bertz CT molecular complexity index is 586. The SMILES string of the molecule is CCc1ccccc1-c1ccc2c(c1)CCCC2O. The van der Waals surface area contributed by atoms with E-state index in [4.69, 9.17) is 0 Å². The van der Waals surface area contributed by atoms with Crippen molar-refractivity contribution in [1.29, 1.82) is 0 Å². The maximum absolute atomic E-state index is 10.0. The second kappa shape index (κ2) is 5.18. The van der Waals surface area contributed by atoms with Gasteiger partial charge < -0.3 is 5.11 Å². The maximum Gasteiger partial charge on any atom is 0.0792 e. The molecule has 1 heteroatoms. The Morgan fingerprint density at radius 2 is 2.00 bits per heavy atom. The van der Waals surface area contributed by atoms with Gasteiger partial charge in [0, 0.05) is 0 Å². The molecular weight excluding hydrogens is 232 g/mol. The molecule has 19 heavy (non-hydrogen) atoms. The van der Waals surface area contributed by atoms with E-state index in [1.165, 1.54) is 22.3 Å². The summed E-state index contributed by atoms with van der Waals surface area (Å²) < 4.78 is 0. The van der Waals surface area contributed by atoms with Gasteiger partial charge in [0.2, 0.25) is 0 Å². The lowest BCUT2D eigenvalue weighted by atomic mass is 9.86. The first kappa shape index (κ1) is 12.4. The third-order valence-corrected chi connectivity index (χ3v) is 4.13. The highest BCUT2D eigenvalue weighted by Gasteiger charge is 2.18. The number of aliphatic hydroxyl groups is 1. The van der Waals surface area contributed by atoms with Crippen LogP contribution in [0.1, 0.15) is 42.6 Å². The van der Waals surface area contributed by atoms with E-state index in [0.29, 0.717) is 0 Å². The van der Waals surface area contributed by atoms with Gasteiger partial charge in [-0.25, -0.2) is 0 Å². The van der Waals surface area contributed by atoms with Gasteiger partial charge in [-0.2, -0.15) is 0 Å². The Kier molecular flexibility index (Phi) is 3.39. The minimum Gasteiger partial charge on any atom is -0.388 e. The van der Waals surface area contributed by atoms with Crippen LogP contribution in [0, 0.1) is 0 Å². The topological polar surface area (TPSA) is 20.2 Å². The van der Waals surface area contributed by atoms with Gasteiger partial charge in [0.1, 0.15) is 0 Å². The molecule has 1 unspecified atom stereocenters. The van der Waals surface area contributed by atoms with Crippen LogP contribution >= 0.6 is 0 Å². The van der Waals surface area contributed by atoms with Crippen molar-refractivity contribution in [3.05, 3.63) is 59.2 Å². The van der Waals surface area contributed by atoms with Gasteiger partial charge in [-0.3, -0.25) is 0 Å². The summed E-state index contributed by atoms with van der Waals surface area (Å²) in [5.41, 5.74) is 6.45. The quantitative estimate of drug-likeness (QED) is 0.845. The van der Waals surface area contributed by atoms with Crippen LogP contribution in [0.5, 0.6) is 0 Å². The maximum atomic E-state index is 10.0. The Hall–Kier alpha value is -1.60. The molecule has 0 saturated heterocycles. The molecule has 2 aromatic carbocycles. The van der Waals surface area contributed by atoms with E-state index in [-0.39, 0.29) is 6.10 Å². The first-order valence-electron chi connectivity index (χ1n) is 7.18. The molecule has 0 amide bonds. The monoisotopic (exact) mass is 252 g/mol. The number of hydrogen-bond donors (Lipinski definition) is 1. The first-order valence-corrected chi connectivity index (χ1v) is 7.18. The average molecular weight is 252 g/mol.